The molecule has 1 heterocycles. The Morgan fingerprint density at radius 2 is 1.76 bits per heavy atom. The molecule has 1 fully saturated rings. The predicted molar refractivity (Wildman–Crippen MR) is 152 cm³/mol. The van der Waals surface area contributed by atoms with E-state index in [1.165, 1.54) is 16.7 Å². The molecular weight excluding hydrogens is 569 g/mol. The molecule has 0 unspecified atom stereocenters. The monoisotopic (exact) mass is 602 g/mol. The molecule has 1 saturated carbocycles. The van der Waals surface area contributed by atoms with Crippen molar-refractivity contribution < 1.29 is 27.5 Å². The van der Waals surface area contributed by atoms with Gasteiger partial charge in [-0.15, -0.1) is 0 Å². The number of benzene rings is 2. The highest BCUT2D eigenvalue weighted by Crippen LogP contribution is 2.36. The van der Waals surface area contributed by atoms with E-state index in [9.17, 15) is 22.8 Å². The van der Waals surface area contributed by atoms with Gasteiger partial charge in [0.15, 0.2) is 5.69 Å². The Morgan fingerprint density at radius 3 is 2.43 bits per heavy atom. The van der Waals surface area contributed by atoms with Crippen molar-refractivity contribution in [1.29, 1.82) is 0 Å². The molecule has 7 nitrogen and oxygen atoms in total. The van der Waals surface area contributed by atoms with Crippen LogP contribution in [-0.4, -0.2) is 39.6 Å². The van der Waals surface area contributed by atoms with Crippen LogP contribution in [0.15, 0.2) is 48.5 Å². The fourth-order valence-electron chi connectivity index (χ4n) is 5.99. The fourth-order valence-corrected chi connectivity index (χ4v) is 6.19. The number of ether oxygens (including phenoxy) is 1. The maximum absolute atomic E-state index is 14.2. The third-order valence-corrected chi connectivity index (χ3v) is 8.49. The van der Waals surface area contributed by atoms with Crippen LogP contribution >= 0.6 is 11.6 Å². The first-order valence-corrected chi connectivity index (χ1v) is 14.7. The molecule has 2 aliphatic carbocycles. The molecular formula is C31H34ClF3N4O3. The van der Waals surface area contributed by atoms with Crippen LogP contribution in [-0.2, 0) is 41.7 Å². The van der Waals surface area contributed by atoms with Crippen molar-refractivity contribution in [2.75, 3.05) is 7.11 Å². The largest absolute Gasteiger partial charge is 0.497 e. The van der Waals surface area contributed by atoms with E-state index in [4.69, 9.17) is 16.3 Å². The number of hydrogen-bond acceptors (Lipinski definition) is 4. The third-order valence-electron chi connectivity index (χ3n) is 8.12. The molecule has 5 rings (SSSR count). The molecule has 224 valence electrons. The average Bonchev–Trinajstić information content (AvgIpc) is 3.62. The molecule has 42 heavy (non-hydrogen) atoms. The second kappa shape index (κ2) is 12.8. The minimum absolute atomic E-state index is 0.0111. The summed E-state index contributed by atoms with van der Waals surface area (Å²) in [5, 5.41) is 7.42. The number of hydrogen-bond donors (Lipinski definition) is 1. The summed E-state index contributed by atoms with van der Waals surface area (Å²) in [7, 11) is 1.53. The van der Waals surface area contributed by atoms with Crippen LogP contribution < -0.4 is 10.1 Å². The molecule has 0 spiro atoms. The molecule has 0 saturated heterocycles. The Balaban J connectivity index is 1.55. The zero-order chi connectivity index (χ0) is 29.9. The van der Waals surface area contributed by atoms with Gasteiger partial charge in [-0.2, -0.15) is 18.3 Å². The lowest BCUT2D eigenvalue weighted by molar-refractivity contribution is -0.144. The van der Waals surface area contributed by atoms with Crippen molar-refractivity contribution in [3.63, 3.8) is 0 Å². The van der Waals surface area contributed by atoms with Crippen LogP contribution in [0.25, 0.3) is 0 Å². The second-order valence-corrected chi connectivity index (χ2v) is 11.3. The number of fused-ring (bicyclic) bond motifs is 1. The van der Waals surface area contributed by atoms with Crippen LogP contribution in [0.2, 0.25) is 5.02 Å². The van der Waals surface area contributed by atoms with Crippen LogP contribution in [0.4, 0.5) is 13.2 Å². The summed E-state index contributed by atoms with van der Waals surface area (Å²) >= 11 is 6.49. The van der Waals surface area contributed by atoms with Gasteiger partial charge in [-0.05, 0) is 67.9 Å². The number of nitrogens with zero attached hydrogens (tertiary/aromatic N) is 3. The SMILES string of the molecule is COc1ccc([C@@H](C(=O)NC2CCCC2)N(Cc2ccccc2Cl)C(=O)Cn2nc(C(F)(F)F)c3c2CCCC3)cc1. The summed E-state index contributed by atoms with van der Waals surface area (Å²) in [6, 6.07) is 12.8. The van der Waals surface area contributed by atoms with Gasteiger partial charge < -0.3 is 15.0 Å². The van der Waals surface area contributed by atoms with Gasteiger partial charge in [0.1, 0.15) is 18.3 Å². The summed E-state index contributed by atoms with van der Waals surface area (Å²) in [5.41, 5.74) is 0.803. The van der Waals surface area contributed by atoms with Crippen molar-refractivity contribution in [2.45, 2.75) is 82.7 Å². The number of aromatic nitrogens is 2. The number of methoxy groups -OCH3 is 1. The topological polar surface area (TPSA) is 76.5 Å². The van der Waals surface area contributed by atoms with Gasteiger partial charge in [-0.25, -0.2) is 0 Å². The maximum Gasteiger partial charge on any atom is 0.435 e. The van der Waals surface area contributed by atoms with E-state index in [2.05, 4.69) is 10.4 Å². The lowest BCUT2D eigenvalue weighted by Crippen LogP contribution is -2.46. The van der Waals surface area contributed by atoms with Gasteiger partial charge in [-0.3, -0.25) is 14.3 Å². The highest BCUT2D eigenvalue weighted by atomic mass is 35.5. The Morgan fingerprint density at radius 1 is 1.07 bits per heavy atom. The van der Waals surface area contributed by atoms with E-state index < -0.39 is 30.4 Å². The number of rotatable bonds is 9. The number of carbonyl (C=O) groups is 2. The Bertz CT molecular complexity index is 1420. The molecule has 1 N–H and O–H groups in total. The maximum atomic E-state index is 14.2. The lowest BCUT2D eigenvalue weighted by atomic mass is 9.95. The number of carbonyl (C=O) groups excluding carboxylic acids is 2. The molecule has 3 aromatic rings. The first-order chi connectivity index (χ1) is 20.2. The molecule has 11 heteroatoms. The number of halogens is 4. The minimum Gasteiger partial charge on any atom is -0.497 e. The van der Waals surface area contributed by atoms with E-state index >= 15 is 0 Å². The van der Waals surface area contributed by atoms with Gasteiger partial charge in [0, 0.05) is 28.9 Å². The summed E-state index contributed by atoms with van der Waals surface area (Å²) in [5.74, 6) is -0.312. The minimum atomic E-state index is -4.63. The van der Waals surface area contributed by atoms with Crippen molar-refractivity contribution in [2.24, 2.45) is 0 Å². The molecule has 2 aromatic carbocycles. The summed E-state index contributed by atoms with van der Waals surface area (Å²) in [6.07, 6.45) is 1.10. The summed E-state index contributed by atoms with van der Waals surface area (Å²) in [6.45, 7) is -0.463. The standard InChI is InChI=1S/C31H34ClF3N4O3/c1-42-23-16-14-20(15-17-23)28(30(41)36-22-9-3-4-10-22)38(18-21-8-2-6-12-25(21)32)27(40)19-39-26-13-7-5-11-24(26)29(37-39)31(33,34)35/h2,6,8,12,14-17,22,28H,3-5,7,9-11,13,18-19H2,1H3,(H,36,41)/t28-/m0/s1. The summed E-state index contributed by atoms with van der Waals surface area (Å²) in [4.78, 5) is 29.5. The quantitative estimate of drug-likeness (QED) is 0.313. The molecule has 1 aromatic heterocycles. The van der Waals surface area contributed by atoms with E-state index in [0.717, 1.165) is 25.7 Å². The van der Waals surface area contributed by atoms with E-state index in [1.54, 1.807) is 48.5 Å². The van der Waals surface area contributed by atoms with E-state index in [0.29, 0.717) is 46.9 Å². The van der Waals surface area contributed by atoms with Gasteiger partial charge in [-0.1, -0.05) is 54.8 Å². The molecule has 0 aliphatic heterocycles. The molecule has 2 aliphatic rings. The lowest BCUT2D eigenvalue weighted by Gasteiger charge is -2.33. The normalized spacial score (nSPS) is 16.1. The van der Waals surface area contributed by atoms with E-state index in [1.807, 2.05) is 0 Å². The Labute approximate surface area is 248 Å². The first kappa shape index (κ1) is 29.9. The van der Waals surface area contributed by atoms with E-state index in [-0.39, 0.29) is 30.5 Å². The predicted octanol–water partition coefficient (Wildman–Crippen LogP) is 6.27. The van der Waals surface area contributed by atoms with Gasteiger partial charge in [0.2, 0.25) is 11.8 Å². The average molecular weight is 603 g/mol. The van der Waals surface area contributed by atoms with Crippen LogP contribution in [0.3, 0.4) is 0 Å². The number of nitrogens with one attached hydrogen (secondary N) is 1. The molecule has 1 atom stereocenters. The molecule has 0 bridgehead atoms. The van der Waals surface area contributed by atoms with Crippen LogP contribution in [0.1, 0.15) is 72.6 Å². The Hall–Kier alpha value is -3.53. The van der Waals surface area contributed by atoms with Gasteiger partial charge >= 0.3 is 6.18 Å². The zero-order valence-corrected chi connectivity index (χ0v) is 24.2. The first-order valence-electron chi connectivity index (χ1n) is 14.3. The highest BCUT2D eigenvalue weighted by molar-refractivity contribution is 6.31. The molecule has 0 radical (unpaired) electrons. The van der Waals surface area contributed by atoms with Gasteiger partial charge in [0.25, 0.3) is 0 Å². The van der Waals surface area contributed by atoms with Crippen molar-refractivity contribution in [3.05, 3.63) is 81.6 Å². The smallest absolute Gasteiger partial charge is 0.435 e. The molecule has 2 amide bonds. The van der Waals surface area contributed by atoms with Gasteiger partial charge in [0.05, 0.1) is 7.11 Å². The van der Waals surface area contributed by atoms with Crippen molar-refractivity contribution in [3.8, 4) is 5.75 Å². The zero-order valence-electron chi connectivity index (χ0n) is 23.4. The van der Waals surface area contributed by atoms with Crippen molar-refractivity contribution in [1.82, 2.24) is 20.0 Å². The van der Waals surface area contributed by atoms with Crippen molar-refractivity contribution >= 4 is 23.4 Å². The second-order valence-electron chi connectivity index (χ2n) is 10.9. The number of alkyl halides is 3. The highest BCUT2D eigenvalue weighted by Gasteiger charge is 2.40. The Kier molecular flexibility index (Phi) is 9.11. The van der Waals surface area contributed by atoms with Crippen LogP contribution in [0, 0.1) is 0 Å². The third kappa shape index (κ3) is 6.59. The van der Waals surface area contributed by atoms with Crippen LogP contribution in [0.5, 0.6) is 5.75 Å². The summed E-state index contributed by atoms with van der Waals surface area (Å²) < 4.78 is 48.1. The number of amides is 2. The fraction of sp³-hybridized carbons (Fsp3) is 0.452.